The molecule has 2 amide bonds. The van der Waals surface area contributed by atoms with E-state index < -0.39 is 12.0 Å². The standard InChI is InChI=1S/C28H36N4O4/c1-4-20-11-13-21(14-12-20)26-25(27(33)36-6-3)22(29-28(34)30-26)19-31-15-17-32(18-16-31)23-9-7-8-10-24(23)35-5-2/h7-14,26H,4-6,15-19H2,1-3H3,(H2,29,30,34). The van der Waals surface area contributed by atoms with E-state index in [2.05, 4.69) is 33.4 Å². The molecule has 192 valence electrons. The molecule has 1 unspecified atom stereocenters. The van der Waals surface area contributed by atoms with Crippen LogP contribution in [-0.2, 0) is 16.0 Å². The fraction of sp³-hybridized carbons (Fsp3) is 0.429. The molecular formula is C28H36N4O4. The first kappa shape index (κ1) is 25.6. The molecule has 1 saturated heterocycles. The Morgan fingerprint density at radius 1 is 0.972 bits per heavy atom. The SMILES string of the molecule is CCOC(=O)C1=C(CN2CCN(c3ccccc3OCC)CC2)NC(=O)NC1c1ccc(CC)cc1. The van der Waals surface area contributed by atoms with Crippen molar-refractivity contribution in [2.24, 2.45) is 0 Å². The van der Waals surface area contributed by atoms with E-state index in [-0.39, 0.29) is 12.6 Å². The summed E-state index contributed by atoms with van der Waals surface area (Å²) in [4.78, 5) is 30.3. The molecular weight excluding hydrogens is 456 g/mol. The molecule has 0 saturated carbocycles. The molecule has 2 aliphatic heterocycles. The van der Waals surface area contributed by atoms with Crippen LogP contribution in [0.1, 0.15) is 37.9 Å². The number of ether oxygens (including phenoxy) is 2. The number of hydrogen-bond acceptors (Lipinski definition) is 6. The monoisotopic (exact) mass is 492 g/mol. The number of carbonyl (C=O) groups is 2. The molecule has 2 aliphatic rings. The van der Waals surface area contributed by atoms with Crippen LogP contribution in [0.5, 0.6) is 5.75 Å². The van der Waals surface area contributed by atoms with Crippen molar-refractivity contribution in [3.8, 4) is 5.75 Å². The molecule has 0 bridgehead atoms. The Morgan fingerprint density at radius 3 is 2.36 bits per heavy atom. The molecule has 2 aromatic rings. The molecule has 0 aliphatic carbocycles. The first-order valence-electron chi connectivity index (χ1n) is 12.8. The van der Waals surface area contributed by atoms with Gasteiger partial charge >= 0.3 is 12.0 Å². The van der Waals surface area contributed by atoms with E-state index in [1.165, 1.54) is 5.56 Å². The number of hydrogen-bond donors (Lipinski definition) is 2. The highest BCUT2D eigenvalue weighted by atomic mass is 16.5. The summed E-state index contributed by atoms with van der Waals surface area (Å²) in [6.07, 6.45) is 0.922. The lowest BCUT2D eigenvalue weighted by molar-refractivity contribution is -0.139. The summed E-state index contributed by atoms with van der Waals surface area (Å²) in [6, 6.07) is 15.2. The van der Waals surface area contributed by atoms with Gasteiger partial charge in [0.25, 0.3) is 0 Å². The quantitative estimate of drug-likeness (QED) is 0.520. The van der Waals surface area contributed by atoms with E-state index in [1.807, 2.05) is 49.4 Å². The van der Waals surface area contributed by atoms with Crippen LogP contribution >= 0.6 is 0 Å². The van der Waals surface area contributed by atoms with Gasteiger partial charge in [0, 0.05) is 38.4 Å². The van der Waals surface area contributed by atoms with E-state index in [4.69, 9.17) is 9.47 Å². The lowest BCUT2D eigenvalue weighted by atomic mass is 9.94. The summed E-state index contributed by atoms with van der Waals surface area (Å²) >= 11 is 0. The van der Waals surface area contributed by atoms with Crippen LogP contribution in [0, 0.1) is 0 Å². The molecule has 1 atom stereocenters. The molecule has 8 nitrogen and oxygen atoms in total. The van der Waals surface area contributed by atoms with Crippen LogP contribution in [0.3, 0.4) is 0 Å². The van der Waals surface area contributed by atoms with Crippen LogP contribution < -0.4 is 20.3 Å². The summed E-state index contributed by atoms with van der Waals surface area (Å²) in [6.45, 7) is 10.4. The maximum Gasteiger partial charge on any atom is 0.338 e. The lowest BCUT2D eigenvalue weighted by Gasteiger charge is -2.38. The second-order valence-corrected chi connectivity index (χ2v) is 8.90. The summed E-state index contributed by atoms with van der Waals surface area (Å²) in [5, 5.41) is 5.82. The fourth-order valence-electron chi connectivity index (χ4n) is 4.75. The van der Waals surface area contributed by atoms with E-state index in [1.54, 1.807) is 6.92 Å². The molecule has 2 heterocycles. The number of urea groups is 1. The van der Waals surface area contributed by atoms with E-state index in [9.17, 15) is 9.59 Å². The number of piperazine rings is 1. The minimum atomic E-state index is -0.557. The molecule has 4 rings (SSSR count). The number of amides is 2. The van der Waals surface area contributed by atoms with Crippen molar-refractivity contribution in [3.05, 3.63) is 70.9 Å². The van der Waals surface area contributed by atoms with Gasteiger partial charge in [-0.05, 0) is 43.5 Å². The van der Waals surface area contributed by atoms with Crippen LogP contribution in [-0.4, -0.2) is 62.8 Å². The molecule has 2 N–H and O–H groups in total. The first-order chi connectivity index (χ1) is 17.5. The smallest absolute Gasteiger partial charge is 0.338 e. The molecule has 1 fully saturated rings. The highest BCUT2D eigenvalue weighted by Crippen LogP contribution is 2.31. The molecule has 0 radical (unpaired) electrons. The van der Waals surface area contributed by atoms with Gasteiger partial charge in [0.1, 0.15) is 5.75 Å². The van der Waals surface area contributed by atoms with Gasteiger partial charge in [0.2, 0.25) is 0 Å². The third kappa shape index (κ3) is 5.82. The maximum atomic E-state index is 13.1. The van der Waals surface area contributed by atoms with Crippen molar-refractivity contribution in [2.75, 3.05) is 50.8 Å². The number of rotatable bonds is 9. The second kappa shape index (κ2) is 11.9. The van der Waals surface area contributed by atoms with Crippen molar-refractivity contribution in [1.29, 1.82) is 0 Å². The largest absolute Gasteiger partial charge is 0.492 e. The number of benzene rings is 2. The highest BCUT2D eigenvalue weighted by molar-refractivity contribution is 5.95. The summed E-state index contributed by atoms with van der Waals surface area (Å²) in [7, 11) is 0. The Balaban J connectivity index is 1.54. The summed E-state index contributed by atoms with van der Waals surface area (Å²) in [5.41, 5.74) is 4.22. The number of nitrogens with zero attached hydrogens (tertiary/aromatic N) is 2. The van der Waals surface area contributed by atoms with Gasteiger partial charge < -0.3 is 25.0 Å². The average Bonchev–Trinajstić information content (AvgIpc) is 2.89. The number of nitrogens with one attached hydrogen (secondary N) is 2. The lowest BCUT2D eigenvalue weighted by Crippen LogP contribution is -2.51. The van der Waals surface area contributed by atoms with Crippen molar-refractivity contribution in [2.45, 2.75) is 33.2 Å². The minimum Gasteiger partial charge on any atom is -0.492 e. The Bertz CT molecular complexity index is 1090. The van der Waals surface area contributed by atoms with Gasteiger partial charge in [0.05, 0.1) is 30.5 Å². The molecule has 8 heteroatoms. The number of esters is 1. The predicted molar refractivity (Wildman–Crippen MR) is 140 cm³/mol. The van der Waals surface area contributed by atoms with E-state index in [0.29, 0.717) is 24.4 Å². The van der Waals surface area contributed by atoms with E-state index >= 15 is 0 Å². The zero-order chi connectivity index (χ0) is 25.5. The fourth-order valence-corrected chi connectivity index (χ4v) is 4.75. The van der Waals surface area contributed by atoms with Gasteiger partial charge in [-0.15, -0.1) is 0 Å². The van der Waals surface area contributed by atoms with Gasteiger partial charge in [0.15, 0.2) is 0 Å². The second-order valence-electron chi connectivity index (χ2n) is 8.90. The number of anilines is 1. The van der Waals surface area contributed by atoms with Gasteiger partial charge in [-0.3, -0.25) is 4.90 Å². The average molecular weight is 493 g/mol. The van der Waals surface area contributed by atoms with Crippen molar-refractivity contribution < 1.29 is 19.1 Å². The minimum absolute atomic E-state index is 0.267. The molecule has 2 aromatic carbocycles. The summed E-state index contributed by atoms with van der Waals surface area (Å²) < 4.78 is 11.2. The van der Waals surface area contributed by atoms with Crippen molar-refractivity contribution in [1.82, 2.24) is 15.5 Å². The summed E-state index contributed by atoms with van der Waals surface area (Å²) in [5.74, 6) is 0.483. The molecule has 36 heavy (non-hydrogen) atoms. The third-order valence-corrected chi connectivity index (χ3v) is 6.63. The van der Waals surface area contributed by atoms with Crippen LogP contribution in [0.4, 0.5) is 10.5 Å². The van der Waals surface area contributed by atoms with Crippen molar-refractivity contribution >= 4 is 17.7 Å². The first-order valence-corrected chi connectivity index (χ1v) is 12.8. The van der Waals surface area contributed by atoms with E-state index in [0.717, 1.165) is 49.6 Å². The Morgan fingerprint density at radius 2 is 1.69 bits per heavy atom. The molecule has 0 spiro atoms. The van der Waals surface area contributed by atoms with Crippen LogP contribution in [0.25, 0.3) is 0 Å². The zero-order valence-corrected chi connectivity index (χ0v) is 21.4. The predicted octanol–water partition coefficient (Wildman–Crippen LogP) is 3.64. The van der Waals surface area contributed by atoms with Crippen molar-refractivity contribution in [3.63, 3.8) is 0 Å². The highest BCUT2D eigenvalue weighted by Gasteiger charge is 2.34. The van der Waals surface area contributed by atoms with Gasteiger partial charge in [-0.1, -0.05) is 43.3 Å². The van der Waals surface area contributed by atoms with Crippen LogP contribution in [0.2, 0.25) is 0 Å². The zero-order valence-electron chi connectivity index (χ0n) is 21.4. The number of aryl methyl sites for hydroxylation is 1. The number of para-hydroxylation sites is 2. The molecule has 0 aromatic heterocycles. The van der Waals surface area contributed by atoms with Gasteiger partial charge in [-0.25, -0.2) is 9.59 Å². The van der Waals surface area contributed by atoms with Gasteiger partial charge in [-0.2, -0.15) is 0 Å². The Labute approximate surface area is 213 Å². The normalized spacial score (nSPS) is 18.5. The Kier molecular flexibility index (Phi) is 8.48. The number of carbonyl (C=O) groups excluding carboxylic acids is 2. The third-order valence-electron chi connectivity index (χ3n) is 6.63. The maximum absolute atomic E-state index is 13.1. The topological polar surface area (TPSA) is 83.1 Å². The van der Waals surface area contributed by atoms with Crippen LogP contribution in [0.15, 0.2) is 59.8 Å². The Hall–Kier alpha value is -3.52.